The molecule has 6 heterocycles. The summed E-state index contributed by atoms with van der Waals surface area (Å²) in [5, 5.41) is 24.5. The third kappa shape index (κ3) is 10.3. The van der Waals surface area contributed by atoms with E-state index in [9.17, 15) is 48.4 Å². The Kier molecular flexibility index (Phi) is 13.9. The molecule has 2 fully saturated rings. The van der Waals surface area contributed by atoms with Crippen molar-refractivity contribution in [3.05, 3.63) is 64.6 Å². The number of thiazole rings is 1. The Morgan fingerprint density at radius 1 is 1.03 bits per heavy atom. The zero-order valence-electron chi connectivity index (χ0n) is 31.2. The van der Waals surface area contributed by atoms with Crippen LogP contribution in [0.1, 0.15) is 31.0 Å². The summed E-state index contributed by atoms with van der Waals surface area (Å²) in [5.41, 5.74) is 12.7. The molecule has 1 amide bonds. The fourth-order valence-corrected chi connectivity index (χ4v) is 8.22. The number of aliphatic hydroxyl groups excluding tert-OH is 2. The van der Waals surface area contributed by atoms with E-state index in [-0.39, 0.29) is 35.6 Å². The molecule has 0 spiro atoms. The van der Waals surface area contributed by atoms with Gasteiger partial charge in [-0.15, -0.1) is 17.9 Å². The number of fused-ring (bicyclic) bond motifs is 1. The number of nitrogens with zero attached hydrogens (tertiary/aromatic N) is 8. The van der Waals surface area contributed by atoms with Crippen LogP contribution in [0.3, 0.4) is 0 Å². The minimum absolute atomic E-state index is 0.0103. The lowest BCUT2D eigenvalue weighted by atomic mass is 10.1. The van der Waals surface area contributed by atoms with Crippen LogP contribution in [0.2, 0.25) is 0 Å². The monoisotopic (exact) mass is 902 g/mol. The normalized spacial score (nSPS) is 25.8. The molecule has 0 radical (unpaired) electrons. The molecule has 10 atom stereocenters. The molecule has 26 nitrogen and oxygen atoms in total. The molecule has 2 saturated heterocycles. The standard InChI is InChI=1S/C31H40N10O16P2S/c1-3-4-5-20(42)39(2)16(8-15-11-60-14-37-15)30(45)56-24-17(54-29(22(24)43)41-13-36-21-26(33)34-12-35-27(21)41)10-53-59(50,51)57-25-18(9-52-58(47,48)49)55-28(23(25)44)40-7-6-19(32)38-31(40)46/h3,6-7,11-14,16-18,22-25,28-29,43-44H,1,4-5,8-10H2,2H3,(H,50,51)(H2,32,38,46)(H2,33,34,35)(H2,47,48,49)/t16?,17-,18+,22+,23+,24+,25+,28+,29+/m0/s1. The highest BCUT2D eigenvalue weighted by Crippen LogP contribution is 2.50. The Morgan fingerprint density at radius 2 is 1.72 bits per heavy atom. The number of aliphatic hydroxyl groups is 2. The summed E-state index contributed by atoms with van der Waals surface area (Å²) in [5.74, 6) is -1.65. The lowest BCUT2D eigenvalue weighted by molar-refractivity contribution is -0.165. The first-order valence-electron chi connectivity index (χ1n) is 17.6. The van der Waals surface area contributed by atoms with E-state index in [0.717, 1.165) is 17.1 Å². The van der Waals surface area contributed by atoms with Gasteiger partial charge in [-0.2, -0.15) is 4.98 Å². The summed E-state index contributed by atoms with van der Waals surface area (Å²) in [6.07, 6.45) is -8.64. The van der Waals surface area contributed by atoms with Crippen LogP contribution >= 0.6 is 27.0 Å². The number of hydrogen-bond acceptors (Lipinski definition) is 21. The van der Waals surface area contributed by atoms with Crippen molar-refractivity contribution in [3.8, 4) is 0 Å². The molecule has 6 rings (SSSR count). The minimum Gasteiger partial charge on any atom is -0.455 e. The zero-order valence-corrected chi connectivity index (χ0v) is 33.8. The van der Waals surface area contributed by atoms with Gasteiger partial charge in [0.05, 0.1) is 30.7 Å². The van der Waals surface area contributed by atoms with Crippen molar-refractivity contribution >= 4 is 61.7 Å². The number of esters is 1. The first-order chi connectivity index (χ1) is 28.4. The molecule has 0 bridgehead atoms. The van der Waals surface area contributed by atoms with Crippen molar-refractivity contribution in [2.45, 2.75) is 74.4 Å². The molecule has 0 aromatic carbocycles. The number of carbonyl (C=O) groups excluding carboxylic acids is 2. The van der Waals surface area contributed by atoms with Crippen molar-refractivity contribution in [1.82, 2.24) is 39.0 Å². The van der Waals surface area contributed by atoms with E-state index >= 15 is 0 Å². The molecule has 4 aromatic rings. The maximum atomic E-state index is 14.0. The highest BCUT2D eigenvalue weighted by atomic mass is 32.1. The third-order valence-electron chi connectivity index (χ3n) is 9.30. The minimum atomic E-state index is -5.41. The molecule has 2 aliphatic rings. The Morgan fingerprint density at radius 3 is 2.38 bits per heavy atom. The van der Waals surface area contributed by atoms with E-state index in [1.807, 2.05) is 0 Å². The smallest absolute Gasteiger partial charge is 0.455 e. The number of phosphoric acid groups is 2. The van der Waals surface area contributed by atoms with E-state index in [1.165, 1.54) is 51.8 Å². The number of amides is 1. The molecular formula is C31H40N10O16P2S. The molecule has 29 heteroatoms. The summed E-state index contributed by atoms with van der Waals surface area (Å²) in [6, 6.07) is -0.104. The summed E-state index contributed by atoms with van der Waals surface area (Å²) in [7, 11) is -9.20. The number of hydrogen-bond donors (Lipinski definition) is 7. The van der Waals surface area contributed by atoms with E-state index < -0.39 is 102 Å². The number of nitrogens with two attached hydrogens (primary N) is 2. The second-order valence-corrected chi connectivity index (χ2v) is 16.7. The fraction of sp³-hybridized carbons (Fsp3) is 0.484. The first kappa shape index (κ1) is 44.9. The van der Waals surface area contributed by atoms with Crippen LogP contribution in [-0.2, 0) is 52.9 Å². The van der Waals surface area contributed by atoms with Gasteiger partial charge in [-0.05, 0) is 12.5 Å². The maximum Gasteiger partial charge on any atom is 0.472 e. The van der Waals surface area contributed by atoms with E-state index in [4.69, 9.17) is 34.7 Å². The molecule has 0 aliphatic carbocycles. The Balaban J connectivity index is 1.26. The summed E-state index contributed by atoms with van der Waals surface area (Å²) >= 11 is 1.25. The van der Waals surface area contributed by atoms with Gasteiger partial charge in [-0.25, -0.2) is 38.7 Å². The predicted molar refractivity (Wildman–Crippen MR) is 203 cm³/mol. The number of rotatable bonds is 18. The number of imidazole rings is 1. The van der Waals surface area contributed by atoms with Crippen LogP contribution in [0.5, 0.6) is 0 Å². The van der Waals surface area contributed by atoms with Gasteiger partial charge in [0.15, 0.2) is 30.0 Å². The van der Waals surface area contributed by atoms with Crippen LogP contribution in [-0.4, -0.2) is 139 Å². The largest absolute Gasteiger partial charge is 0.472 e. The van der Waals surface area contributed by atoms with Gasteiger partial charge in [0.25, 0.3) is 0 Å². The van der Waals surface area contributed by atoms with Crippen molar-refractivity contribution in [2.24, 2.45) is 0 Å². The summed E-state index contributed by atoms with van der Waals surface area (Å²) in [6.45, 7) is 1.63. The van der Waals surface area contributed by atoms with Crippen molar-refractivity contribution in [3.63, 3.8) is 0 Å². The molecular weight excluding hydrogens is 862 g/mol. The predicted octanol–water partition coefficient (Wildman–Crippen LogP) is -1.22. The number of anilines is 2. The van der Waals surface area contributed by atoms with Gasteiger partial charge in [-0.1, -0.05) is 6.08 Å². The van der Waals surface area contributed by atoms with Crippen LogP contribution in [0.4, 0.5) is 11.6 Å². The summed E-state index contributed by atoms with van der Waals surface area (Å²) in [4.78, 5) is 90.3. The lowest BCUT2D eigenvalue weighted by Crippen LogP contribution is -2.48. The van der Waals surface area contributed by atoms with Crippen LogP contribution in [0.25, 0.3) is 11.2 Å². The highest BCUT2D eigenvalue weighted by Gasteiger charge is 2.52. The number of phosphoric ester groups is 2. The SMILES string of the molecule is C=CCCC(=O)N(C)C(Cc1cscn1)C(=O)O[C@H]1[C@@H](O)[C@H](n2cnc3c(N)ncnc32)O[C@H]1COP(=O)(O)O[C@H]1[C@@H](O)[C@H](n2ccc(N)nc2=O)O[C@@H]1COP(=O)(O)O. The fourth-order valence-electron chi connectivity index (χ4n) is 6.34. The van der Waals surface area contributed by atoms with Gasteiger partial charge in [-0.3, -0.25) is 27.5 Å². The molecule has 2 aliphatic heterocycles. The first-order valence-corrected chi connectivity index (χ1v) is 21.6. The van der Waals surface area contributed by atoms with Gasteiger partial charge < -0.3 is 55.5 Å². The van der Waals surface area contributed by atoms with Gasteiger partial charge in [0.1, 0.15) is 54.2 Å². The van der Waals surface area contributed by atoms with E-state index in [0.29, 0.717) is 12.1 Å². The Bertz CT molecular complexity index is 2330. The molecule has 326 valence electrons. The van der Waals surface area contributed by atoms with Crippen LogP contribution < -0.4 is 17.2 Å². The number of aromatic nitrogens is 7. The second-order valence-electron chi connectivity index (χ2n) is 13.3. The maximum absolute atomic E-state index is 14.0. The zero-order chi connectivity index (χ0) is 43.5. The Hall–Kier alpha value is -4.60. The average Bonchev–Trinajstić information content (AvgIpc) is 3.99. The Labute approximate surface area is 342 Å². The van der Waals surface area contributed by atoms with Gasteiger partial charge in [0, 0.05) is 31.5 Å². The molecule has 0 saturated carbocycles. The average molecular weight is 903 g/mol. The topological polar surface area (TPSA) is 371 Å². The highest BCUT2D eigenvalue weighted by molar-refractivity contribution is 7.47. The number of likely N-dealkylation sites (N-methyl/N-ethyl adjacent to an activating group) is 1. The van der Waals surface area contributed by atoms with Crippen LogP contribution in [0, 0.1) is 0 Å². The van der Waals surface area contributed by atoms with Crippen LogP contribution in [0.15, 0.2) is 53.3 Å². The summed E-state index contributed by atoms with van der Waals surface area (Å²) < 4.78 is 59.5. The van der Waals surface area contributed by atoms with Crippen molar-refractivity contribution in [2.75, 3.05) is 31.7 Å². The van der Waals surface area contributed by atoms with E-state index in [1.54, 1.807) is 5.38 Å². The second kappa shape index (κ2) is 18.6. The molecule has 2 unspecified atom stereocenters. The quantitative estimate of drug-likeness (QED) is 0.0349. The van der Waals surface area contributed by atoms with Crippen molar-refractivity contribution in [1.29, 1.82) is 0 Å². The molecule has 60 heavy (non-hydrogen) atoms. The van der Waals surface area contributed by atoms with Gasteiger partial charge >= 0.3 is 27.3 Å². The number of ether oxygens (including phenoxy) is 3. The third-order valence-corrected chi connectivity index (χ3v) is 11.4. The lowest BCUT2D eigenvalue weighted by Gasteiger charge is -2.29. The van der Waals surface area contributed by atoms with Crippen molar-refractivity contribution < 1.29 is 71.4 Å². The number of nitrogen functional groups attached to an aromatic ring is 2. The molecule has 9 N–H and O–H groups in total. The number of allylic oxidation sites excluding steroid dienone is 1. The van der Waals surface area contributed by atoms with E-state index in [2.05, 4.69) is 36.0 Å². The molecule has 4 aromatic heterocycles. The number of carbonyl (C=O) groups is 2. The van der Waals surface area contributed by atoms with Gasteiger partial charge in [0.2, 0.25) is 5.91 Å².